The first kappa shape index (κ1) is 17.7. The maximum Gasteiger partial charge on any atom is 0.314 e. The molecule has 26 heavy (non-hydrogen) atoms. The summed E-state index contributed by atoms with van der Waals surface area (Å²) in [6, 6.07) is 12.3. The lowest BCUT2D eigenvalue weighted by Gasteiger charge is -2.09. The minimum Gasteiger partial charge on any atom is -0.493 e. The summed E-state index contributed by atoms with van der Waals surface area (Å²) in [5, 5.41) is 3.96. The lowest BCUT2D eigenvalue weighted by atomic mass is 10.1. The number of carbonyl (C=O) groups excluding carboxylic acids is 2. The molecule has 6 nitrogen and oxygen atoms in total. The largest absolute Gasteiger partial charge is 0.493 e. The van der Waals surface area contributed by atoms with Crippen molar-refractivity contribution in [3.63, 3.8) is 0 Å². The fourth-order valence-corrected chi connectivity index (χ4v) is 2.29. The highest BCUT2D eigenvalue weighted by Gasteiger charge is 2.32. The molecule has 0 heterocycles. The van der Waals surface area contributed by atoms with E-state index in [9.17, 15) is 9.59 Å². The van der Waals surface area contributed by atoms with Crippen LogP contribution in [0.4, 0.5) is 0 Å². The van der Waals surface area contributed by atoms with Gasteiger partial charge in [0.25, 0.3) is 5.91 Å². The van der Waals surface area contributed by atoms with Gasteiger partial charge in [-0.15, -0.1) is 0 Å². The first-order valence-corrected chi connectivity index (χ1v) is 8.36. The normalized spacial score (nSPS) is 13.5. The Morgan fingerprint density at radius 3 is 2.50 bits per heavy atom. The van der Waals surface area contributed by atoms with Crippen molar-refractivity contribution in [1.82, 2.24) is 5.43 Å². The van der Waals surface area contributed by atoms with Gasteiger partial charge in [-0.05, 0) is 55.7 Å². The first-order valence-electron chi connectivity index (χ1n) is 8.36. The Balaban J connectivity index is 1.63. The van der Waals surface area contributed by atoms with Crippen molar-refractivity contribution in [2.45, 2.75) is 19.8 Å². The van der Waals surface area contributed by atoms with E-state index >= 15 is 0 Å². The second-order valence-corrected chi connectivity index (χ2v) is 6.17. The van der Waals surface area contributed by atoms with Gasteiger partial charge in [-0.1, -0.05) is 17.7 Å². The fourth-order valence-electron chi connectivity index (χ4n) is 2.29. The monoisotopic (exact) mass is 352 g/mol. The van der Waals surface area contributed by atoms with E-state index in [4.69, 9.17) is 9.47 Å². The number of amides is 1. The van der Waals surface area contributed by atoms with Gasteiger partial charge in [0.1, 0.15) is 0 Å². The summed E-state index contributed by atoms with van der Waals surface area (Å²) < 4.78 is 10.6. The zero-order valence-corrected chi connectivity index (χ0v) is 14.7. The van der Waals surface area contributed by atoms with Gasteiger partial charge in [-0.3, -0.25) is 9.59 Å². The van der Waals surface area contributed by atoms with Crippen LogP contribution in [0.3, 0.4) is 0 Å². The zero-order valence-electron chi connectivity index (χ0n) is 14.7. The second kappa shape index (κ2) is 7.82. The molecular weight excluding hydrogens is 332 g/mol. The summed E-state index contributed by atoms with van der Waals surface area (Å²) in [5.74, 6) is 0.314. The van der Waals surface area contributed by atoms with Gasteiger partial charge >= 0.3 is 5.97 Å². The van der Waals surface area contributed by atoms with Crippen LogP contribution in [0.25, 0.3) is 0 Å². The van der Waals surface area contributed by atoms with Crippen LogP contribution in [0.5, 0.6) is 11.5 Å². The van der Waals surface area contributed by atoms with Crippen molar-refractivity contribution in [3.8, 4) is 11.5 Å². The number of carbonyl (C=O) groups is 2. The minimum atomic E-state index is -0.289. The maximum atomic E-state index is 12.0. The van der Waals surface area contributed by atoms with Gasteiger partial charge < -0.3 is 9.47 Å². The molecule has 1 aliphatic rings. The number of hydrogen-bond donors (Lipinski definition) is 1. The van der Waals surface area contributed by atoms with E-state index in [0.717, 1.165) is 18.4 Å². The van der Waals surface area contributed by atoms with Gasteiger partial charge in [0.05, 0.1) is 19.2 Å². The average molecular weight is 352 g/mol. The summed E-state index contributed by atoms with van der Waals surface area (Å²) in [6.07, 6.45) is 3.26. The third kappa shape index (κ3) is 4.47. The van der Waals surface area contributed by atoms with E-state index in [0.29, 0.717) is 22.6 Å². The molecule has 1 fully saturated rings. The molecule has 0 atom stereocenters. The molecule has 1 aliphatic carbocycles. The minimum absolute atomic E-state index is 0.0120. The van der Waals surface area contributed by atoms with Crippen LogP contribution in [-0.4, -0.2) is 25.2 Å². The van der Waals surface area contributed by atoms with Crippen molar-refractivity contribution >= 4 is 18.1 Å². The van der Waals surface area contributed by atoms with E-state index in [1.54, 1.807) is 30.3 Å². The highest BCUT2D eigenvalue weighted by molar-refractivity contribution is 5.95. The van der Waals surface area contributed by atoms with E-state index in [1.807, 2.05) is 19.1 Å². The van der Waals surface area contributed by atoms with Crippen LogP contribution in [0.2, 0.25) is 0 Å². The number of hydrogen-bond acceptors (Lipinski definition) is 5. The van der Waals surface area contributed by atoms with Gasteiger partial charge in [0, 0.05) is 5.56 Å². The van der Waals surface area contributed by atoms with Crippen LogP contribution >= 0.6 is 0 Å². The Hall–Kier alpha value is -3.15. The number of benzene rings is 2. The van der Waals surface area contributed by atoms with Crippen molar-refractivity contribution in [1.29, 1.82) is 0 Å². The smallest absolute Gasteiger partial charge is 0.314 e. The lowest BCUT2D eigenvalue weighted by molar-refractivity contribution is -0.135. The first-order chi connectivity index (χ1) is 12.6. The molecular formula is C20H20N2O4. The van der Waals surface area contributed by atoms with Crippen LogP contribution < -0.4 is 14.9 Å². The Kier molecular flexibility index (Phi) is 5.31. The third-order valence-electron chi connectivity index (χ3n) is 4.00. The van der Waals surface area contributed by atoms with Gasteiger partial charge in [0.15, 0.2) is 11.5 Å². The summed E-state index contributed by atoms with van der Waals surface area (Å²) in [6.45, 7) is 1.96. The topological polar surface area (TPSA) is 77.0 Å². The van der Waals surface area contributed by atoms with Crippen LogP contribution in [0.15, 0.2) is 47.6 Å². The Bertz CT molecular complexity index is 839. The highest BCUT2D eigenvalue weighted by atomic mass is 16.6. The molecule has 0 spiro atoms. The number of aryl methyl sites for hydroxylation is 1. The fraction of sp³-hybridized carbons (Fsp3) is 0.250. The Labute approximate surface area is 151 Å². The number of nitrogens with one attached hydrogen (secondary N) is 1. The quantitative estimate of drug-likeness (QED) is 0.375. The van der Waals surface area contributed by atoms with E-state index in [2.05, 4.69) is 10.5 Å². The van der Waals surface area contributed by atoms with Crippen LogP contribution in [0.1, 0.15) is 34.3 Å². The molecule has 0 aliphatic heterocycles. The molecule has 0 saturated heterocycles. The Morgan fingerprint density at radius 1 is 1.12 bits per heavy atom. The van der Waals surface area contributed by atoms with Gasteiger partial charge in [-0.2, -0.15) is 5.10 Å². The van der Waals surface area contributed by atoms with Gasteiger partial charge in [-0.25, -0.2) is 5.43 Å². The summed E-state index contributed by atoms with van der Waals surface area (Å²) in [5.41, 5.74) is 4.80. The number of esters is 1. The molecule has 1 amide bonds. The number of methoxy groups -OCH3 is 1. The van der Waals surface area contributed by atoms with E-state index < -0.39 is 0 Å². The molecule has 134 valence electrons. The van der Waals surface area contributed by atoms with Crippen molar-refractivity contribution in [2.24, 2.45) is 11.0 Å². The number of ether oxygens (including phenoxy) is 2. The van der Waals surface area contributed by atoms with Crippen LogP contribution in [-0.2, 0) is 4.79 Å². The molecule has 0 radical (unpaired) electrons. The van der Waals surface area contributed by atoms with Crippen LogP contribution in [0, 0.1) is 12.8 Å². The third-order valence-corrected chi connectivity index (χ3v) is 4.00. The number of rotatable bonds is 6. The molecule has 2 aromatic rings. The van der Waals surface area contributed by atoms with Crippen molar-refractivity contribution < 1.29 is 19.1 Å². The number of hydrazone groups is 1. The molecule has 6 heteroatoms. The number of nitrogens with zero attached hydrogens (tertiary/aromatic N) is 1. The molecule has 0 bridgehead atoms. The summed E-state index contributed by atoms with van der Waals surface area (Å²) in [4.78, 5) is 23.8. The SMILES string of the molecule is COc1cc(/C=N\NC(=O)c2ccc(C)cc2)ccc1OC(=O)C1CC1. The zero-order chi connectivity index (χ0) is 18.5. The van der Waals surface area contributed by atoms with Gasteiger partial charge in [0.2, 0.25) is 0 Å². The van der Waals surface area contributed by atoms with Crippen molar-refractivity contribution in [2.75, 3.05) is 7.11 Å². The Morgan fingerprint density at radius 2 is 1.85 bits per heavy atom. The summed E-state index contributed by atoms with van der Waals surface area (Å²) in [7, 11) is 1.50. The predicted molar refractivity (Wildman–Crippen MR) is 97.6 cm³/mol. The second-order valence-electron chi connectivity index (χ2n) is 6.17. The molecule has 1 N–H and O–H groups in total. The molecule has 0 aromatic heterocycles. The predicted octanol–water partition coefficient (Wildman–Crippen LogP) is 3.08. The molecule has 3 rings (SSSR count). The maximum absolute atomic E-state index is 12.0. The molecule has 1 saturated carbocycles. The lowest BCUT2D eigenvalue weighted by Crippen LogP contribution is -2.17. The average Bonchev–Trinajstić information content (AvgIpc) is 3.48. The summed E-state index contributed by atoms with van der Waals surface area (Å²) >= 11 is 0. The molecule has 2 aromatic carbocycles. The molecule has 0 unspecified atom stereocenters. The standard InChI is InChI=1S/C20H20N2O4/c1-13-3-6-15(7-4-13)19(23)22-21-12-14-5-10-17(18(11-14)25-2)26-20(24)16-8-9-16/h3-7,10-12,16H,8-9H2,1-2H3,(H,22,23)/b21-12-. The highest BCUT2D eigenvalue weighted by Crippen LogP contribution is 2.34. The van der Waals surface area contributed by atoms with Crippen molar-refractivity contribution in [3.05, 3.63) is 59.2 Å². The van der Waals surface area contributed by atoms with E-state index in [1.165, 1.54) is 13.3 Å². The van der Waals surface area contributed by atoms with E-state index in [-0.39, 0.29) is 17.8 Å².